The smallest absolute Gasteiger partial charge is 0.244 e. The van der Waals surface area contributed by atoms with E-state index in [1.165, 1.54) is 5.56 Å². The molecule has 0 saturated carbocycles. The molecule has 24 heavy (non-hydrogen) atoms. The Hall–Kier alpha value is -2.34. The second-order valence-electron chi connectivity index (χ2n) is 6.32. The predicted octanol–water partition coefficient (Wildman–Crippen LogP) is 1.75. The van der Waals surface area contributed by atoms with Gasteiger partial charge >= 0.3 is 0 Å². The highest BCUT2D eigenvalue weighted by Gasteiger charge is 2.33. The Morgan fingerprint density at radius 3 is 2.75 bits per heavy atom. The van der Waals surface area contributed by atoms with E-state index in [1.54, 1.807) is 18.0 Å². The Bertz CT molecular complexity index is 695. The van der Waals surface area contributed by atoms with Crippen molar-refractivity contribution < 1.29 is 9.53 Å². The number of carbonyl (C=O) groups is 1. The number of anilines is 1. The summed E-state index contributed by atoms with van der Waals surface area (Å²) in [6.45, 7) is 2.85. The SMILES string of the molecule is COc1ccc(C[C@@H](C)N[C@@H]2CCN(c3cnn(C)c3)C2=O)cc1. The zero-order valence-electron chi connectivity index (χ0n) is 14.4. The van der Waals surface area contributed by atoms with Crippen molar-refractivity contribution in [2.75, 3.05) is 18.6 Å². The van der Waals surface area contributed by atoms with Crippen LogP contribution in [0.3, 0.4) is 0 Å². The van der Waals surface area contributed by atoms with Crippen molar-refractivity contribution in [3.63, 3.8) is 0 Å². The number of hydrogen-bond donors (Lipinski definition) is 1. The molecule has 6 heteroatoms. The van der Waals surface area contributed by atoms with Gasteiger partial charge in [0.05, 0.1) is 25.0 Å². The van der Waals surface area contributed by atoms with Crippen molar-refractivity contribution in [1.82, 2.24) is 15.1 Å². The molecule has 0 bridgehead atoms. The number of nitrogens with one attached hydrogen (secondary N) is 1. The van der Waals surface area contributed by atoms with Crippen molar-refractivity contribution in [2.45, 2.75) is 31.8 Å². The summed E-state index contributed by atoms with van der Waals surface area (Å²) in [5.74, 6) is 0.988. The molecular weight excluding hydrogens is 304 g/mol. The summed E-state index contributed by atoms with van der Waals surface area (Å²) in [4.78, 5) is 14.4. The molecule has 6 nitrogen and oxygen atoms in total. The summed E-state index contributed by atoms with van der Waals surface area (Å²) in [6.07, 6.45) is 5.31. The normalized spacial score (nSPS) is 18.9. The number of methoxy groups -OCH3 is 1. The first kappa shape index (κ1) is 16.5. The monoisotopic (exact) mass is 328 g/mol. The van der Waals surface area contributed by atoms with E-state index in [4.69, 9.17) is 4.74 Å². The fraction of sp³-hybridized carbons (Fsp3) is 0.444. The lowest BCUT2D eigenvalue weighted by Gasteiger charge is -2.19. The topological polar surface area (TPSA) is 59.4 Å². The molecule has 3 rings (SSSR count). The van der Waals surface area contributed by atoms with E-state index in [9.17, 15) is 4.79 Å². The summed E-state index contributed by atoms with van der Waals surface area (Å²) in [5, 5.41) is 7.61. The minimum absolute atomic E-state index is 0.126. The van der Waals surface area contributed by atoms with E-state index in [1.807, 2.05) is 30.3 Å². The third kappa shape index (κ3) is 3.59. The standard InChI is InChI=1S/C18H24N4O2/c1-13(10-14-4-6-16(24-3)7-5-14)20-17-8-9-22(18(17)23)15-11-19-21(2)12-15/h4-7,11-13,17,20H,8-10H2,1-3H3/t13-,17-/m1/s1. The van der Waals surface area contributed by atoms with Gasteiger partial charge in [0.15, 0.2) is 0 Å². The van der Waals surface area contributed by atoms with Crippen molar-refractivity contribution in [3.05, 3.63) is 42.2 Å². The predicted molar refractivity (Wildman–Crippen MR) is 93.3 cm³/mol. The van der Waals surface area contributed by atoms with Crippen LogP contribution in [0.5, 0.6) is 5.75 Å². The van der Waals surface area contributed by atoms with Gasteiger partial charge in [-0.1, -0.05) is 12.1 Å². The third-order valence-corrected chi connectivity index (χ3v) is 4.40. The average molecular weight is 328 g/mol. The van der Waals surface area contributed by atoms with Crippen LogP contribution in [-0.2, 0) is 18.3 Å². The first-order chi connectivity index (χ1) is 11.6. The second-order valence-corrected chi connectivity index (χ2v) is 6.32. The van der Waals surface area contributed by atoms with Crippen molar-refractivity contribution in [2.24, 2.45) is 7.05 Å². The number of rotatable bonds is 6. The number of benzene rings is 1. The van der Waals surface area contributed by atoms with Crippen LogP contribution in [0.25, 0.3) is 0 Å². The third-order valence-electron chi connectivity index (χ3n) is 4.40. The molecule has 0 spiro atoms. The van der Waals surface area contributed by atoms with E-state index in [0.717, 1.165) is 30.8 Å². The van der Waals surface area contributed by atoms with Gasteiger partial charge < -0.3 is 15.0 Å². The molecule has 1 amide bonds. The average Bonchev–Trinajstić information content (AvgIpc) is 3.15. The highest BCUT2D eigenvalue weighted by Crippen LogP contribution is 2.21. The molecule has 128 valence electrons. The number of aryl methyl sites for hydroxylation is 1. The highest BCUT2D eigenvalue weighted by atomic mass is 16.5. The number of aromatic nitrogens is 2. The van der Waals surface area contributed by atoms with Gasteiger partial charge in [0.1, 0.15) is 5.75 Å². The van der Waals surface area contributed by atoms with Gasteiger partial charge in [0, 0.05) is 25.8 Å². The first-order valence-corrected chi connectivity index (χ1v) is 8.26. The van der Waals surface area contributed by atoms with Gasteiger partial charge in [-0.05, 0) is 37.5 Å². The Morgan fingerprint density at radius 2 is 2.12 bits per heavy atom. The van der Waals surface area contributed by atoms with Crippen LogP contribution in [0.2, 0.25) is 0 Å². The quantitative estimate of drug-likeness (QED) is 0.878. The molecule has 2 atom stereocenters. The number of ether oxygens (including phenoxy) is 1. The molecule has 1 aliphatic heterocycles. The van der Waals surface area contributed by atoms with Crippen molar-refractivity contribution >= 4 is 11.6 Å². The maximum atomic E-state index is 12.6. The van der Waals surface area contributed by atoms with Crippen LogP contribution in [-0.4, -0.2) is 41.4 Å². The van der Waals surface area contributed by atoms with E-state index in [0.29, 0.717) is 0 Å². The Morgan fingerprint density at radius 1 is 1.38 bits per heavy atom. The minimum Gasteiger partial charge on any atom is -0.497 e. The van der Waals surface area contributed by atoms with Gasteiger partial charge in [-0.3, -0.25) is 9.48 Å². The molecule has 0 radical (unpaired) electrons. The molecule has 0 aliphatic carbocycles. The van der Waals surface area contributed by atoms with E-state index < -0.39 is 0 Å². The van der Waals surface area contributed by atoms with Crippen LogP contribution >= 0.6 is 0 Å². The van der Waals surface area contributed by atoms with Gasteiger partial charge in [0.2, 0.25) is 5.91 Å². The first-order valence-electron chi connectivity index (χ1n) is 8.26. The molecule has 1 saturated heterocycles. The van der Waals surface area contributed by atoms with E-state index in [-0.39, 0.29) is 18.0 Å². The molecule has 1 aliphatic rings. The lowest BCUT2D eigenvalue weighted by molar-refractivity contribution is -0.119. The molecule has 1 aromatic heterocycles. The number of nitrogens with zero attached hydrogens (tertiary/aromatic N) is 3. The van der Waals surface area contributed by atoms with Crippen LogP contribution in [0.4, 0.5) is 5.69 Å². The summed E-state index contributed by atoms with van der Waals surface area (Å²) in [5.41, 5.74) is 2.10. The van der Waals surface area contributed by atoms with E-state index >= 15 is 0 Å². The lowest BCUT2D eigenvalue weighted by atomic mass is 10.1. The van der Waals surface area contributed by atoms with Gasteiger partial charge in [0.25, 0.3) is 0 Å². The molecule has 1 N–H and O–H groups in total. The van der Waals surface area contributed by atoms with Crippen molar-refractivity contribution in [1.29, 1.82) is 0 Å². The maximum absolute atomic E-state index is 12.6. The van der Waals surface area contributed by atoms with Crippen LogP contribution < -0.4 is 15.0 Å². The van der Waals surface area contributed by atoms with E-state index in [2.05, 4.69) is 29.5 Å². The lowest BCUT2D eigenvalue weighted by Crippen LogP contribution is -2.43. The second kappa shape index (κ2) is 7.05. The van der Waals surface area contributed by atoms with Crippen LogP contribution in [0, 0.1) is 0 Å². The van der Waals surface area contributed by atoms with Crippen molar-refractivity contribution in [3.8, 4) is 5.75 Å². The summed E-state index contributed by atoms with van der Waals surface area (Å²) >= 11 is 0. The molecule has 1 fully saturated rings. The zero-order valence-corrected chi connectivity index (χ0v) is 14.4. The number of amides is 1. The fourth-order valence-corrected chi connectivity index (χ4v) is 3.16. The van der Waals surface area contributed by atoms with Gasteiger partial charge in [-0.2, -0.15) is 5.10 Å². The summed E-state index contributed by atoms with van der Waals surface area (Å²) in [6, 6.07) is 8.16. The Labute approximate surface area is 142 Å². The molecular formula is C18H24N4O2. The molecule has 1 aromatic carbocycles. The minimum atomic E-state index is -0.126. The zero-order chi connectivity index (χ0) is 17.1. The number of carbonyl (C=O) groups excluding carboxylic acids is 1. The largest absolute Gasteiger partial charge is 0.497 e. The van der Waals surface area contributed by atoms with Gasteiger partial charge in [-0.25, -0.2) is 0 Å². The molecule has 2 aromatic rings. The summed E-state index contributed by atoms with van der Waals surface area (Å²) in [7, 11) is 3.52. The van der Waals surface area contributed by atoms with Crippen LogP contribution in [0.1, 0.15) is 18.9 Å². The Kier molecular flexibility index (Phi) is 4.85. The molecule has 0 unspecified atom stereocenters. The fourth-order valence-electron chi connectivity index (χ4n) is 3.16. The Balaban J connectivity index is 1.56. The van der Waals surface area contributed by atoms with Crippen LogP contribution in [0.15, 0.2) is 36.7 Å². The maximum Gasteiger partial charge on any atom is 0.244 e. The summed E-state index contributed by atoms with van der Waals surface area (Å²) < 4.78 is 6.90. The number of hydrogen-bond acceptors (Lipinski definition) is 4. The molecule has 2 heterocycles. The van der Waals surface area contributed by atoms with Gasteiger partial charge in [-0.15, -0.1) is 0 Å². The highest BCUT2D eigenvalue weighted by molar-refractivity contribution is 5.99.